The Kier molecular flexibility index (Phi) is 5.41. The molecule has 0 aromatic heterocycles. The smallest absolute Gasteiger partial charge is 0.253 e. The van der Waals surface area contributed by atoms with Gasteiger partial charge in [-0.1, -0.05) is 19.3 Å². The number of carbonyl (C=O) groups is 1. The number of amides is 1. The predicted molar refractivity (Wildman–Crippen MR) is 107 cm³/mol. The summed E-state index contributed by atoms with van der Waals surface area (Å²) in [6, 6.07) is 7.75. The Labute approximate surface area is 162 Å². The zero-order valence-corrected chi connectivity index (χ0v) is 16.7. The van der Waals surface area contributed by atoms with Gasteiger partial charge in [-0.25, -0.2) is 8.42 Å². The highest BCUT2D eigenvalue weighted by atomic mass is 32.2. The summed E-state index contributed by atoms with van der Waals surface area (Å²) >= 11 is 0. The van der Waals surface area contributed by atoms with Crippen molar-refractivity contribution in [3.63, 3.8) is 0 Å². The summed E-state index contributed by atoms with van der Waals surface area (Å²) < 4.78 is 25.5. The summed E-state index contributed by atoms with van der Waals surface area (Å²) in [6.07, 6.45) is 7.30. The number of carbonyl (C=O) groups excluding carboxylic acids is 1. The summed E-state index contributed by atoms with van der Waals surface area (Å²) in [5.74, 6) is 0.257. The normalized spacial score (nSPS) is 24.3. The average molecular weight is 392 g/mol. The Hall–Kier alpha value is -1.60. The monoisotopic (exact) mass is 391 g/mol. The van der Waals surface area contributed by atoms with Crippen molar-refractivity contribution in [2.24, 2.45) is 0 Å². The Balaban J connectivity index is 1.36. The number of sulfonamides is 1. The van der Waals surface area contributed by atoms with Gasteiger partial charge in [0.05, 0.1) is 11.4 Å². The number of hydrogen-bond donors (Lipinski definition) is 0. The first-order chi connectivity index (χ1) is 13.0. The molecular formula is C20H29N3O3S. The number of piperazine rings is 1. The van der Waals surface area contributed by atoms with E-state index in [4.69, 9.17) is 0 Å². The molecule has 0 radical (unpaired) electrons. The molecule has 0 bridgehead atoms. The molecule has 0 N–H and O–H groups in total. The molecule has 1 aromatic carbocycles. The molecule has 2 aliphatic heterocycles. The van der Waals surface area contributed by atoms with Crippen molar-refractivity contribution in [1.82, 2.24) is 9.80 Å². The molecule has 1 amide bonds. The van der Waals surface area contributed by atoms with Crippen molar-refractivity contribution in [2.45, 2.75) is 44.6 Å². The highest BCUT2D eigenvalue weighted by Gasteiger charge is 2.29. The first kappa shape index (κ1) is 18.7. The fourth-order valence-corrected chi connectivity index (χ4v) is 6.18. The van der Waals surface area contributed by atoms with Gasteiger partial charge in [-0.15, -0.1) is 0 Å². The standard InChI is InChI=1S/C20H29N3O3S/c24-20(22-14-12-21(13-15-22)18-5-2-1-3-6-18)17-7-9-19(10-8-17)23-11-4-16-27(23,25)26/h7-10,18H,1-6,11-16H2. The highest BCUT2D eigenvalue weighted by Crippen LogP contribution is 2.26. The van der Waals surface area contributed by atoms with Gasteiger partial charge in [-0.05, 0) is 43.5 Å². The summed E-state index contributed by atoms with van der Waals surface area (Å²) in [6.45, 7) is 3.99. The fraction of sp³-hybridized carbons (Fsp3) is 0.650. The van der Waals surface area contributed by atoms with Crippen LogP contribution in [0.5, 0.6) is 0 Å². The summed E-state index contributed by atoms with van der Waals surface area (Å²) in [7, 11) is -3.18. The number of benzene rings is 1. The molecule has 2 heterocycles. The zero-order valence-electron chi connectivity index (χ0n) is 15.8. The van der Waals surface area contributed by atoms with E-state index in [0.717, 1.165) is 26.2 Å². The van der Waals surface area contributed by atoms with E-state index >= 15 is 0 Å². The molecule has 1 saturated carbocycles. The van der Waals surface area contributed by atoms with Crippen LogP contribution >= 0.6 is 0 Å². The van der Waals surface area contributed by atoms with Gasteiger partial charge in [0.15, 0.2) is 0 Å². The first-order valence-electron chi connectivity index (χ1n) is 10.2. The quantitative estimate of drug-likeness (QED) is 0.793. The Bertz CT molecular complexity index is 764. The van der Waals surface area contributed by atoms with E-state index in [1.165, 1.54) is 36.4 Å². The second-order valence-corrected chi connectivity index (χ2v) is 9.92. The van der Waals surface area contributed by atoms with E-state index < -0.39 is 10.0 Å². The van der Waals surface area contributed by atoms with Gasteiger partial charge in [0.25, 0.3) is 5.91 Å². The molecule has 3 aliphatic rings. The van der Waals surface area contributed by atoms with Crippen LogP contribution in [-0.4, -0.2) is 68.6 Å². The topological polar surface area (TPSA) is 60.9 Å². The van der Waals surface area contributed by atoms with Gasteiger partial charge >= 0.3 is 0 Å². The molecule has 0 atom stereocenters. The summed E-state index contributed by atoms with van der Waals surface area (Å²) in [5, 5.41) is 0. The molecule has 2 saturated heterocycles. The summed E-state index contributed by atoms with van der Waals surface area (Å²) in [5.41, 5.74) is 1.30. The number of anilines is 1. The molecule has 1 aromatic rings. The third kappa shape index (κ3) is 3.99. The van der Waals surface area contributed by atoms with E-state index in [0.29, 0.717) is 30.3 Å². The minimum Gasteiger partial charge on any atom is -0.336 e. The predicted octanol–water partition coefficient (Wildman–Crippen LogP) is 2.32. The number of hydrogen-bond acceptors (Lipinski definition) is 4. The van der Waals surface area contributed by atoms with E-state index in [2.05, 4.69) is 4.90 Å². The molecule has 1 aliphatic carbocycles. The largest absolute Gasteiger partial charge is 0.336 e. The Morgan fingerprint density at radius 3 is 2.11 bits per heavy atom. The minimum atomic E-state index is -3.18. The lowest BCUT2D eigenvalue weighted by molar-refractivity contribution is 0.0523. The van der Waals surface area contributed by atoms with Crippen molar-refractivity contribution >= 4 is 21.6 Å². The van der Waals surface area contributed by atoms with Crippen molar-refractivity contribution in [3.05, 3.63) is 29.8 Å². The van der Waals surface area contributed by atoms with Crippen LogP contribution in [0.15, 0.2) is 24.3 Å². The van der Waals surface area contributed by atoms with Crippen LogP contribution in [0.4, 0.5) is 5.69 Å². The van der Waals surface area contributed by atoms with Crippen molar-refractivity contribution in [3.8, 4) is 0 Å². The average Bonchev–Trinajstić information content (AvgIpc) is 3.07. The molecule has 0 spiro atoms. The lowest BCUT2D eigenvalue weighted by atomic mass is 9.94. The van der Waals surface area contributed by atoms with Crippen molar-refractivity contribution < 1.29 is 13.2 Å². The van der Waals surface area contributed by atoms with Crippen LogP contribution in [0, 0.1) is 0 Å². The van der Waals surface area contributed by atoms with Gasteiger partial charge in [-0.3, -0.25) is 14.0 Å². The van der Waals surface area contributed by atoms with E-state index in [1.807, 2.05) is 4.90 Å². The molecule has 7 heteroatoms. The lowest BCUT2D eigenvalue weighted by Gasteiger charge is -2.40. The molecular weight excluding hydrogens is 362 g/mol. The van der Waals surface area contributed by atoms with Gasteiger partial charge in [0.1, 0.15) is 0 Å². The van der Waals surface area contributed by atoms with Gasteiger partial charge in [0, 0.05) is 44.3 Å². The van der Waals surface area contributed by atoms with E-state index in [1.54, 1.807) is 24.3 Å². The highest BCUT2D eigenvalue weighted by molar-refractivity contribution is 7.93. The van der Waals surface area contributed by atoms with Gasteiger partial charge in [-0.2, -0.15) is 0 Å². The minimum absolute atomic E-state index is 0.0501. The fourth-order valence-electron chi connectivity index (χ4n) is 4.62. The molecule has 27 heavy (non-hydrogen) atoms. The third-order valence-corrected chi connectivity index (χ3v) is 8.06. The molecule has 0 unspecified atom stereocenters. The molecule has 148 valence electrons. The third-order valence-electron chi connectivity index (χ3n) is 6.19. The van der Waals surface area contributed by atoms with Crippen LogP contribution in [-0.2, 0) is 10.0 Å². The van der Waals surface area contributed by atoms with Crippen LogP contribution in [0.25, 0.3) is 0 Å². The Morgan fingerprint density at radius 1 is 0.852 bits per heavy atom. The maximum absolute atomic E-state index is 12.8. The van der Waals surface area contributed by atoms with Crippen molar-refractivity contribution in [1.29, 1.82) is 0 Å². The SMILES string of the molecule is O=C(c1ccc(N2CCCS2(=O)=O)cc1)N1CCN(C2CCCCC2)CC1. The number of rotatable bonds is 3. The van der Waals surface area contributed by atoms with Crippen LogP contribution in [0.3, 0.4) is 0 Å². The van der Waals surface area contributed by atoms with Gasteiger partial charge < -0.3 is 4.90 Å². The lowest BCUT2D eigenvalue weighted by Crippen LogP contribution is -2.52. The van der Waals surface area contributed by atoms with Crippen molar-refractivity contribution in [2.75, 3.05) is 42.8 Å². The molecule has 3 fully saturated rings. The maximum Gasteiger partial charge on any atom is 0.253 e. The Morgan fingerprint density at radius 2 is 1.52 bits per heavy atom. The zero-order chi connectivity index (χ0) is 18.9. The summed E-state index contributed by atoms with van der Waals surface area (Å²) in [4.78, 5) is 17.3. The van der Waals surface area contributed by atoms with E-state index in [9.17, 15) is 13.2 Å². The van der Waals surface area contributed by atoms with Crippen LogP contribution in [0.2, 0.25) is 0 Å². The van der Waals surface area contributed by atoms with Crippen LogP contribution in [0.1, 0.15) is 48.9 Å². The second kappa shape index (κ2) is 7.80. The molecule has 6 nitrogen and oxygen atoms in total. The molecule has 4 rings (SSSR count). The van der Waals surface area contributed by atoms with E-state index in [-0.39, 0.29) is 11.7 Å². The van der Waals surface area contributed by atoms with Crippen LogP contribution < -0.4 is 4.31 Å². The van der Waals surface area contributed by atoms with Gasteiger partial charge in [0.2, 0.25) is 10.0 Å². The number of nitrogens with zero attached hydrogens (tertiary/aromatic N) is 3. The maximum atomic E-state index is 12.8. The first-order valence-corrected chi connectivity index (χ1v) is 11.8. The second-order valence-electron chi connectivity index (χ2n) is 7.91.